The first-order valence-corrected chi connectivity index (χ1v) is 7.37. The molecule has 22 heavy (non-hydrogen) atoms. The van der Waals surface area contributed by atoms with Crippen molar-refractivity contribution in [1.29, 1.82) is 0 Å². The fraction of sp³-hybridized carbons (Fsp3) is 0.400. The Morgan fingerprint density at radius 1 is 1.50 bits per heavy atom. The van der Waals surface area contributed by atoms with Gasteiger partial charge in [-0.1, -0.05) is 0 Å². The minimum Gasteiger partial charge on any atom is -0.376 e. The molecule has 0 saturated carbocycles. The maximum absolute atomic E-state index is 12.0. The second-order valence-electron chi connectivity index (χ2n) is 5.29. The van der Waals surface area contributed by atoms with Crippen molar-refractivity contribution >= 4 is 11.7 Å². The summed E-state index contributed by atoms with van der Waals surface area (Å²) in [5.74, 6) is 0.698. The lowest BCUT2D eigenvalue weighted by atomic mass is 10.1. The summed E-state index contributed by atoms with van der Waals surface area (Å²) >= 11 is 0. The smallest absolute Gasteiger partial charge is 0.319 e. The number of ether oxygens (including phenoxy) is 1. The molecule has 0 bridgehead atoms. The van der Waals surface area contributed by atoms with Crippen molar-refractivity contribution < 1.29 is 9.53 Å². The van der Waals surface area contributed by atoms with Gasteiger partial charge in [0.25, 0.3) is 0 Å². The number of urea groups is 1. The lowest BCUT2D eigenvalue weighted by molar-refractivity contribution is 0.0868. The van der Waals surface area contributed by atoms with E-state index in [0.29, 0.717) is 11.5 Å². The monoisotopic (exact) mass is 301 g/mol. The van der Waals surface area contributed by atoms with Gasteiger partial charge in [-0.25, -0.2) is 14.5 Å². The molecule has 1 fully saturated rings. The minimum absolute atomic E-state index is 0.0150. The van der Waals surface area contributed by atoms with Gasteiger partial charge in [0.2, 0.25) is 0 Å². The van der Waals surface area contributed by atoms with Crippen LogP contribution in [0, 0.1) is 0 Å². The molecule has 2 amide bonds. The maximum Gasteiger partial charge on any atom is 0.319 e. The summed E-state index contributed by atoms with van der Waals surface area (Å²) in [5, 5.41) is 9.76. The van der Waals surface area contributed by atoms with Crippen LogP contribution in [-0.4, -0.2) is 39.5 Å². The van der Waals surface area contributed by atoms with Crippen LogP contribution in [0.3, 0.4) is 0 Å². The number of hydrogen-bond acceptors (Lipinski definition) is 4. The highest BCUT2D eigenvalue weighted by molar-refractivity contribution is 5.89. The number of aromatic nitrogens is 3. The Labute approximate surface area is 128 Å². The van der Waals surface area contributed by atoms with Crippen LogP contribution >= 0.6 is 0 Å². The van der Waals surface area contributed by atoms with E-state index in [9.17, 15) is 4.79 Å². The summed E-state index contributed by atoms with van der Waals surface area (Å²) in [6, 6.07) is 5.15. The zero-order valence-electron chi connectivity index (χ0n) is 12.4. The number of carbonyl (C=O) groups excluding carboxylic acids is 1. The molecule has 116 valence electrons. The lowest BCUT2D eigenvalue weighted by Crippen LogP contribution is -2.43. The highest BCUT2D eigenvalue weighted by atomic mass is 16.5. The van der Waals surface area contributed by atoms with Gasteiger partial charge in [-0.3, -0.25) is 0 Å². The molecule has 0 aromatic carbocycles. The predicted octanol–water partition coefficient (Wildman–Crippen LogP) is 1.96. The first-order valence-electron chi connectivity index (χ1n) is 7.37. The molecule has 2 aromatic rings. The Hall–Kier alpha value is -2.41. The third-order valence-electron chi connectivity index (χ3n) is 3.63. The van der Waals surface area contributed by atoms with E-state index in [1.165, 1.54) is 0 Å². The first kappa shape index (κ1) is 14.5. The zero-order chi connectivity index (χ0) is 15.4. The second kappa shape index (κ2) is 6.57. The van der Waals surface area contributed by atoms with Gasteiger partial charge in [0.15, 0.2) is 5.82 Å². The van der Waals surface area contributed by atoms with Crippen molar-refractivity contribution in [2.45, 2.75) is 31.9 Å². The first-order chi connectivity index (χ1) is 10.7. The number of rotatable bonds is 4. The van der Waals surface area contributed by atoms with Crippen LogP contribution in [0.1, 0.15) is 19.8 Å². The van der Waals surface area contributed by atoms with E-state index in [1.807, 2.05) is 19.2 Å². The number of pyridine rings is 1. The topological polar surface area (TPSA) is 81.1 Å². The molecule has 7 heteroatoms. The van der Waals surface area contributed by atoms with E-state index >= 15 is 0 Å². The van der Waals surface area contributed by atoms with Crippen LogP contribution in [0.2, 0.25) is 0 Å². The van der Waals surface area contributed by atoms with Gasteiger partial charge in [-0.05, 0) is 38.0 Å². The third-order valence-corrected chi connectivity index (χ3v) is 3.63. The zero-order valence-corrected chi connectivity index (χ0v) is 12.4. The molecule has 3 rings (SSSR count). The number of nitrogens with zero attached hydrogens (tertiary/aromatic N) is 3. The Kier molecular flexibility index (Phi) is 4.34. The Balaban J connectivity index is 1.55. The van der Waals surface area contributed by atoms with Gasteiger partial charge in [-0.2, -0.15) is 5.10 Å². The largest absolute Gasteiger partial charge is 0.376 e. The van der Waals surface area contributed by atoms with Crippen molar-refractivity contribution in [2.75, 3.05) is 11.9 Å². The van der Waals surface area contributed by atoms with Gasteiger partial charge >= 0.3 is 6.03 Å². The summed E-state index contributed by atoms with van der Waals surface area (Å²) in [7, 11) is 0. The molecule has 0 aliphatic carbocycles. The molecule has 0 spiro atoms. The quantitative estimate of drug-likeness (QED) is 0.904. The highest BCUT2D eigenvalue weighted by Crippen LogP contribution is 2.15. The van der Waals surface area contributed by atoms with E-state index in [0.717, 1.165) is 19.4 Å². The number of nitrogens with one attached hydrogen (secondary N) is 2. The molecule has 1 aliphatic rings. The number of anilines is 1. The van der Waals surface area contributed by atoms with Gasteiger partial charge in [-0.15, -0.1) is 0 Å². The van der Waals surface area contributed by atoms with Crippen LogP contribution < -0.4 is 10.6 Å². The molecule has 0 unspecified atom stereocenters. The second-order valence-corrected chi connectivity index (χ2v) is 5.29. The summed E-state index contributed by atoms with van der Waals surface area (Å²) < 4.78 is 7.21. The number of hydrogen-bond donors (Lipinski definition) is 2. The van der Waals surface area contributed by atoms with Crippen LogP contribution in [-0.2, 0) is 4.74 Å². The molecular formula is C15H19N5O2. The van der Waals surface area contributed by atoms with Gasteiger partial charge in [0.05, 0.1) is 24.0 Å². The van der Waals surface area contributed by atoms with Crippen molar-refractivity contribution in [1.82, 2.24) is 20.1 Å². The summed E-state index contributed by atoms with van der Waals surface area (Å²) in [4.78, 5) is 16.2. The molecule has 2 atom stereocenters. The summed E-state index contributed by atoms with van der Waals surface area (Å²) in [6.45, 7) is 2.73. The van der Waals surface area contributed by atoms with Crippen LogP contribution in [0.4, 0.5) is 10.5 Å². The van der Waals surface area contributed by atoms with E-state index < -0.39 is 0 Å². The molecule has 0 radical (unpaired) electrons. The average molecular weight is 301 g/mol. The SMILES string of the molecule is C[C@H](NC(=O)Nc1ccc(-n2cccn2)nc1)[C@H]1CCCO1. The Morgan fingerprint density at radius 2 is 2.41 bits per heavy atom. The van der Waals surface area contributed by atoms with E-state index in [2.05, 4.69) is 20.7 Å². The van der Waals surface area contributed by atoms with Crippen molar-refractivity contribution in [3.8, 4) is 5.82 Å². The van der Waals surface area contributed by atoms with Crippen LogP contribution in [0.25, 0.3) is 5.82 Å². The van der Waals surface area contributed by atoms with Crippen molar-refractivity contribution in [3.63, 3.8) is 0 Å². The van der Waals surface area contributed by atoms with Crippen LogP contribution in [0.15, 0.2) is 36.8 Å². The number of amides is 2. The van der Waals surface area contributed by atoms with E-state index in [4.69, 9.17) is 4.74 Å². The third kappa shape index (κ3) is 3.43. The van der Waals surface area contributed by atoms with Crippen LogP contribution in [0.5, 0.6) is 0 Å². The fourth-order valence-electron chi connectivity index (χ4n) is 2.46. The normalized spacial score (nSPS) is 18.9. The van der Waals surface area contributed by atoms with Gasteiger partial charge in [0, 0.05) is 19.0 Å². The minimum atomic E-state index is -0.253. The molecule has 7 nitrogen and oxygen atoms in total. The molecule has 2 N–H and O–H groups in total. The molecule has 1 aliphatic heterocycles. The van der Waals surface area contributed by atoms with Gasteiger partial charge in [0.1, 0.15) is 0 Å². The summed E-state index contributed by atoms with van der Waals surface area (Å²) in [6.07, 6.45) is 7.25. The Morgan fingerprint density at radius 3 is 3.05 bits per heavy atom. The van der Waals surface area contributed by atoms with E-state index in [1.54, 1.807) is 29.2 Å². The molecule has 2 aromatic heterocycles. The lowest BCUT2D eigenvalue weighted by Gasteiger charge is -2.20. The Bertz CT molecular complexity index is 605. The van der Waals surface area contributed by atoms with Crippen molar-refractivity contribution in [2.24, 2.45) is 0 Å². The summed E-state index contributed by atoms with van der Waals surface area (Å²) in [5.41, 5.74) is 0.632. The predicted molar refractivity (Wildman–Crippen MR) is 81.9 cm³/mol. The standard InChI is InChI=1S/C15H19N5O2/c1-11(13-4-2-9-22-13)18-15(21)19-12-5-6-14(16-10-12)20-8-3-7-17-20/h3,5-8,10-11,13H,2,4,9H2,1H3,(H2,18,19,21)/t11-,13+/m0/s1. The maximum atomic E-state index is 12.0. The molecule has 1 saturated heterocycles. The fourth-order valence-corrected chi connectivity index (χ4v) is 2.46. The number of carbonyl (C=O) groups is 1. The van der Waals surface area contributed by atoms with Crippen molar-refractivity contribution in [3.05, 3.63) is 36.8 Å². The highest BCUT2D eigenvalue weighted by Gasteiger charge is 2.23. The molecular weight excluding hydrogens is 282 g/mol. The average Bonchev–Trinajstić information content (AvgIpc) is 3.21. The van der Waals surface area contributed by atoms with E-state index in [-0.39, 0.29) is 18.2 Å². The van der Waals surface area contributed by atoms with Gasteiger partial charge < -0.3 is 15.4 Å². The molecule has 3 heterocycles.